The molecule has 1 amide bonds. The van der Waals surface area contributed by atoms with Crippen LogP contribution in [0.25, 0.3) is 0 Å². The van der Waals surface area contributed by atoms with E-state index in [9.17, 15) is 9.59 Å². The van der Waals surface area contributed by atoms with Crippen LogP contribution in [0.5, 0.6) is 0 Å². The van der Waals surface area contributed by atoms with Gasteiger partial charge in [-0.15, -0.1) is 11.8 Å². The number of carbonyl (C=O) groups excluding carboxylic acids is 1. The third kappa shape index (κ3) is 2.20. The Balaban J connectivity index is 2.19. The third-order valence-corrected chi connectivity index (χ3v) is 4.17. The van der Waals surface area contributed by atoms with Gasteiger partial charge in [0.15, 0.2) is 0 Å². The smallest absolute Gasteiger partial charge is 0.327 e. The average Bonchev–Trinajstić information content (AvgIpc) is 2.95. The Bertz CT molecular complexity index is 450. The van der Waals surface area contributed by atoms with Crippen LogP contribution in [0.2, 0.25) is 0 Å². The molecule has 1 saturated heterocycles. The number of aromatic nitrogens is 3. The number of amides is 1. The van der Waals surface area contributed by atoms with Crippen molar-refractivity contribution in [3.8, 4) is 0 Å². The highest BCUT2D eigenvalue weighted by Gasteiger charge is 2.41. The molecule has 1 aromatic rings. The van der Waals surface area contributed by atoms with Crippen LogP contribution in [-0.2, 0) is 9.59 Å². The average molecular weight is 270 g/mol. The van der Waals surface area contributed by atoms with Crippen LogP contribution in [0, 0.1) is 0 Å². The van der Waals surface area contributed by atoms with E-state index in [1.165, 1.54) is 34.0 Å². The first-order valence-electron chi connectivity index (χ1n) is 5.53. The Kier molecular flexibility index (Phi) is 3.55. The first kappa shape index (κ1) is 12.9. The topological polar surface area (TPSA) is 88.3 Å². The van der Waals surface area contributed by atoms with Gasteiger partial charge < -0.3 is 10.0 Å². The second kappa shape index (κ2) is 4.97. The maximum Gasteiger partial charge on any atom is 0.327 e. The summed E-state index contributed by atoms with van der Waals surface area (Å²) < 4.78 is 1.43. The van der Waals surface area contributed by atoms with Gasteiger partial charge in [-0.3, -0.25) is 4.79 Å². The fraction of sp³-hybridized carbons (Fsp3) is 0.600. The van der Waals surface area contributed by atoms with E-state index in [1.807, 2.05) is 6.92 Å². The molecule has 2 rings (SSSR count). The Morgan fingerprint density at radius 1 is 1.56 bits per heavy atom. The van der Waals surface area contributed by atoms with E-state index in [-0.39, 0.29) is 11.3 Å². The largest absolute Gasteiger partial charge is 0.480 e. The van der Waals surface area contributed by atoms with Gasteiger partial charge in [-0.25, -0.2) is 14.5 Å². The summed E-state index contributed by atoms with van der Waals surface area (Å²) in [6.45, 7) is 3.52. The van der Waals surface area contributed by atoms with Gasteiger partial charge in [0.05, 0.1) is 5.37 Å². The van der Waals surface area contributed by atoms with Gasteiger partial charge in [-0.1, -0.05) is 0 Å². The number of carboxylic acids is 1. The molecule has 18 heavy (non-hydrogen) atoms. The molecule has 1 aromatic heterocycles. The number of rotatable bonds is 3. The third-order valence-electron chi connectivity index (χ3n) is 2.95. The summed E-state index contributed by atoms with van der Waals surface area (Å²) in [6.07, 6.45) is 2.80. The van der Waals surface area contributed by atoms with Gasteiger partial charge in [0.25, 0.3) is 0 Å². The van der Waals surface area contributed by atoms with Gasteiger partial charge >= 0.3 is 5.97 Å². The van der Waals surface area contributed by atoms with E-state index in [2.05, 4.69) is 10.1 Å². The molecule has 1 aliphatic rings. The first-order valence-corrected chi connectivity index (χ1v) is 6.58. The van der Waals surface area contributed by atoms with Crippen molar-refractivity contribution >= 4 is 23.6 Å². The monoisotopic (exact) mass is 270 g/mol. The quantitative estimate of drug-likeness (QED) is 0.845. The summed E-state index contributed by atoms with van der Waals surface area (Å²) >= 11 is 1.46. The predicted molar refractivity (Wildman–Crippen MR) is 64.9 cm³/mol. The van der Waals surface area contributed by atoms with Crippen molar-refractivity contribution in [2.75, 3.05) is 5.75 Å². The summed E-state index contributed by atoms with van der Waals surface area (Å²) in [5, 5.41) is 12.9. The van der Waals surface area contributed by atoms with Crippen LogP contribution < -0.4 is 0 Å². The predicted octanol–water partition coefficient (Wildman–Crippen LogP) is 0.214. The zero-order chi connectivity index (χ0) is 13.3. The van der Waals surface area contributed by atoms with Crippen molar-refractivity contribution < 1.29 is 14.7 Å². The zero-order valence-corrected chi connectivity index (χ0v) is 10.9. The minimum absolute atomic E-state index is 0.135. The van der Waals surface area contributed by atoms with Crippen molar-refractivity contribution in [1.82, 2.24) is 19.7 Å². The van der Waals surface area contributed by atoms with Gasteiger partial charge in [-0.05, 0) is 13.8 Å². The number of hydrogen-bond donors (Lipinski definition) is 1. The lowest BCUT2D eigenvalue weighted by atomic mass is 10.2. The molecular weight excluding hydrogens is 256 g/mol. The lowest BCUT2D eigenvalue weighted by Gasteiger charge is -2.27. The van der Waals surface area contributed by atoms with Crippen molar-refractivity contribution in [2.45, 2.75) is 31.3 Å². The molecule has 1 fully saturated rings. The SMILES string of the molecule is CC1SCC(C(=O)O)N1C(=O)C(C)n1cncn1. The Morgan fingerprint density at radius 3 is 2.83 bits per heavy atom. The number of carboxylic acid groups (broad SMARTS) is 1. The van der Waals surface area contributed by atoms with E-state index in [0.29, 0.717) is 5.75 Å². The maximum atomic E-state index is 12.3. The van der Waals surface area contributed by atoms with Crippen molar-refractivity contribution in [1.29, 1.82) is 0 Å². The fourth-order valence-electron chi connectivity index (χ4n) is 1.91. The molecule has 98 valence electrons. The summed E-state index contributed by atoms with van der Waals surface area (Å²) in [7, 11) is 0. The minimum atomic E-state index is -0.967. The number of hydrogen-bond acceptors (Lipinski definition) is 5. The Labute approximate surface area is 108 Å². The number of thioether (sulfide) groups is 1. The van der Waals surface area contributed by atoms with Gasteiger partial charge in [-0.2, -0.15) is 5.10 Å². The summed E-state index contributed by atoms with van der Waals surface area (Å²) in [6, 6.07) is -1.31. The summed E-state index contributed by atoms with van der Waals surface area (Å²) in [5.74, 6) is -0.789. The normalized spacial score (nSPS) is 25.1. The van der Waals surface area contributed by atoms with E-state index in [1.54, 1.807) is 6.92 Å². The molecule has 3 atom stereocenters. The highest BCUT2D eigenvalue weighted by atomic mass is 32.2. The first-order chi connectivity index (χ1) is 8.52. The molecule has 2 heterocycles. The molecule has 7 nitrogen and oxygen atoms in total. The van der Waals surface area contributed by atoms with E-state index >= 15 is 0 Å². The lowest BCUT2D eigenvalue weighted by molar-refractivity contribution is -0.150. The highest BCUT2D eigenvalue weighted by Crippen LogP contribution is 2.30. The minimum Gasteiger partial charge on any atom is -0.480 e. The molecule has 0 saturated carbocycles. The van der Waals surface area contributed by atoms with Crippen LogP contribution in [-0.4, -0.2) is 53.8 Å². The Morgan fingerprint density at radius 2 is 2.28 bits per heavy atom. The molecule has 1 N–H and O–H groups in total. The van der Waals surface area contributed by atoms with Crippen LogP contribution in [0.3, 0.4) is 0 Å². The van der Waals surface area contributed by atoms with Crippen LogP contribution in [0.4, 0.5) is 0 Å². The number of aliphatic carboxylic acids is 1. The highest BCUT2D eigenvalue weighted by molar-refractivity contribution is 8.00. The molecule has 0 aliphatic carbocycles. The van der Waals surface area contributed by atoms with Crippen LogP contribution >= 0.6 is 11.8 Å². The van der Waals surface area contributed by atoms with Crippen molar-refractivity contribution in [2.24, 2.45) is 0 Å². The van der Waals surface area contributed by atoms with Gasteiger partial charge in [0.2, 0.25) is 5.91 Å². The van der Waals surface area contributed by atoms with Crippen molar-refractivity contribution in [3.05, 3.63) is 12.7 Å². The summed E-state index contributed by atoms with van der Waals surface area (Å²) in [5.41, 5.74) is 0. The zero-order valence-electron chi connectivity index (χ0n) is 10.1. The van der Waals surface area contributed by atoms with Gasteiger partial charge in [0, 0.05) is 5.75 Å². The van der Waals surface area contributed by atoms with Crippen LogP contribution in [0.1, 0.15) is 19.9 Å². The summed E-state index contributed by atoms with van der Waals surface area (Å²) in [4.78, 5) is 28.7. The number of nitrogens with zero attached hydrogens (tertiary/aromatic N) is 4. The second-order valence-corrected chi connectivity index (χ2v) is 5.43. The van der Waals surface area contributed by atoms with E-state index in [0.717, 1.165) is 0 Å². The molecule has 0 bridgehead atoms. The molecule has 0 radical (unpaired) electrons. The molecule has 0 aromatic carbocycles. The molecule has 3 unspecified atom stereocenters. The molecule has 1 aliphatic heterocycles. The fourth-order valence-corrected chi connectivity index (χ4v) is 3.09. The standard InChI is InChI=1S/C10H14N4O3S/c1-6(13-5-11-4-12-13)9(15)14-7(2)18-3-8(14)10(16)17/h4-8H,3H2,1-2H3,(H,16,17). The van der Waals surface area contributed by atoms with Gasteiger partial charge in [0.1, 0.15) is 24.7 Å². The molecular formula is C10H14N4O3S. The van der Waals surface area contributed by atoms with E-state index in [4.69, 9.17) is 5.11 Å². The Hall–Kier alpha value is -1.57. The van der Waals surface area contributed by atoms with E-state index < -0.39 is 18.1 Å². The van der Waals surface area contributed by atoms with Crippen LogP contribution in [0.15, 0.2) is 12.7 Å². The van der Waals surface area contributed by atoms with Crippen molar-refractivity contribution in [3.63, 3.8) is 0 Å². The molecule has 8 heteroatoms. The molecule has 0 spiro atoms. The number of carbonyl (C=O) groups is 2. The second-order valence-electron chi connectivity index (χ2n) is 4.08. The maximum absolute atomic E-state index is 12.3. The lowest BCUT2D eigenvalue weighted by Crippen LogP contribution is -2.47.